The van der Waals surface area contributed by atoms with Crippen molar-refractivity contribution in [2.24, 2.45) is 11.5 Å². The maximum absolute atomic E-state index is 12.4. The van der Waals surface area contributed by atoms with Crippen LogP contribution in [0.25, 0.3) is 0 Å². The van der Waals surface area contributed by atoms with Gasteiger partial charge in [0.05, 0.1) is 12.6 Å². The highest BCUT2D eigenvalue weighted by Crippen LogP contribution is 2.03. The Hall–Kier alpha value is -1.89. The molecule has 0 spiro atoms. The Morgan fingerprint density at radius 1 is 1.00 bits per heavy atom. The molecule has 0 aromatic rings. The highest BCUT2D eigenvalue weighted by atomic mass is 32.2. The third-order valence-electron chi connectivity index (χ3n) is 3.78. The monoisotopic (exact) mass is 421 g/mol. The number of aliphatic carboxylic acids is 1. The number of hydrogen-bond donors (Lipinski definition) is 7. The number of carbonyl (C=O) groups is 4. The first-order chi connectivity index (χ1) is 13.3. The van der Waals surface area contributed by atoms with Crippen LogP contribution in [0.4, 0.5) is 0 Å². The van der Waals surface area contributed by atoms with Crippen molar-refractivity contribution in [2.45, 2.75) is 43.8 Å². The van der Waals surface area contributed by atoms with Crippen molar-refractivity contribution in [1.82, 2.24) is 16.0 Å². The Balaban J connectivity index is 4.89. The Morgan fingerprint density at radius 2 is 1.64 bits per heavy atom. The van der Waals surface area contributed by atoms with E-state index in [1.807, 2.05) is 6.26 Å². The van der Waals surface area contributed by atoms with E-state index in [2.05, 4.69) is 16.0 Å². The number of aliphatic hydroxyl groups excluding tert-OH is 1. The van der Waals surface area contributed by atoms with Crippen LogP contribution in [-0.4, -0.2) is 83.7 Å². The lowest BCUT2D eigenvalue weighted by Crippen LogP contribution is -2.57. The van der Waals surface area contributed by atoms with Gasteiger partial charge in [-0.1, -0.05) is 0 Å². The fourth-order valence-electron chi connectivity index (χ4n) is 2.17. The molecule has 28 heavy (non-hydrogen) atoms. The SMILES string of the molecule is CSCCC(N)C(=O)NC(CO)C(=O)NC(CCCCN)C(=O)NCC(=O)O. The summed E-state index contributed by atoms with van der Waals surface area (Å²) in [5, 5.41) is 25.1. The number of nitrogens with one attached hydrogen (secondary N) is 3. The van der Waals surface area contributed by atoms with Gasteiger partial charge in [-0.15, -0.1) is 0 Å². The molecule has 162 valence electrons. The zero-order chi connectivity index (χ0) is 21.5. The summed E-state index contributed by atoms with van der Waals surface area (Å²) in [6.07, 6.45) is 3.65. The number of hydrogen-bond acceptors (Lipinski definition) is 8. The van der Waals surface area contributed by atoms with E-state index in [0.29, 0.717) is 31.6 Å². The summed E-state index contributed by atoms with van der Waals surface area (Å²) < 4.78 is 0. The average Bonchev–Trinajstić information content (AvgIpc) is 2.67. The zero-order valence-corrected chi connectivity index (χ0v) is 16.8. The van der Waals surface area contributed by atoms with E-state index in [1.54, 1.807) is 0 Å². The van der Waals surface area contributed by atoms with Crippen LogP contribution in [-0.2, 0) is 19.2 Å². The van der Waals surface area contributed by atoms with Crippen molar-refractivity contribution in [1.29, 1.82) is 0 Å². The van der Waals surface area contributed by atoms with Crippen molar-refractivity contribution < 1.29 is 29.4 Å². The van der Waals surface area contributed by atoms with E-state index in [1.165, 1.54) is 11.8 Å². The minimum Gasteiger partial charge on any atom is -0.480 e. The van der Waals surface area contributed by atoms with Crippen LogP contribution in [0.2, 0.25) is 0 Å². The third-order valence-corrected chi connectivity index (χ3v) is 4.42. The van der Waals surface area contributed by atoms with Gasteiger partial charge in [-0.2, -0.15) is 11.8 Å². The number of carboxylic acids is 1. The molecule has 0 aromatic carbocycles. The van der Waals surface area contributed by atoms with Crippen LogP contribution in [0.1, 0.15) is 25.7 Å². The predicted molar refractivity (Wildman–Crippen MR) is 105 cm³/mol. The van der Waals surface area contributed by atoms with Crippen LogP contribution in [0.3, 0.4) is 0 Å². The fourth-order valence-corrected chi connectivity index (χ4v) is 2.66. The first-order valence-corrected chi connectivity index (χ1v) is 10.3. The fraction of sp³-hybridized carbons (Fsp3) is 0.750. The van der Waals surface area contributed by atoms with Crippen molar-refractivity contribution >= 4 is 35.5 Å². The molecule has 0 saturated carbocycles. The second-order valence-corrected chi connectivity index (χ2v) is 7.07. The number of rotatable bonds is 15. The van der Waals surface area contributed by atoms with Gasteiger partial charge in [0, 0.05) is 0 Å². The first-order valence-electron chi connectivity index (χ1n) is 8.92. The summed E-state index contributed by atoms with van der Waals surface area (Å²) >= 11 is 1.52. The molecule has 0 aliphatic carbocycles. The molecular formula is C16H31N5O6S. The third kappa shape index (κ3) is 11.1. The summed E-state index contributed by atoms with van der Waals surface area (Å²) in [6, 6.07) is -3.12. The topological polar surface area (TPSA) is 197 Å². The van der Waals surface area contributed by atoms with Crippen molar-refractivity contribution in [3.63, 3.8) is 0 Å². The average molecular weight is 422 g/mol. The Labute approximate surface area is 168 Å². The number of thioether (sulfide) groups is 1. The number of aliphatic hydroxyl groups is 1. The maximum Gasteiger partial charge on any atom is 0.322 e. The van der Waals surface area contributed by atoms with Gasteiger partial charge in [-0.3, -0.25) is 19.2 Å². The van der Waals surface area contributed by atoms with Gasteiger partial charge in [-0.05, 0) is 44.2 Å². The lowest BCUT2D eigenvalue weighted by molar-refractivity contribution is -0.138. The van der Waals surface area contributed by atoms with Gasteiger partial charge in [0.15, 0.2) is 0 Å². The molecule has 0 aliphatic rings. The number of nitrogens with two attached hydrogens (primary N) is 2. The molecule has 0 saturated heterocycles. The Kier molecular flexibility index (Phi) is 14.1. The summed E-state index contributed by atoms with van der Waals surface area (Å²) in [5.74, 6) is -2.58. The van der Waals surface area contributed by atoms with Crippen LogP contribution < -0.4 is 27.4 Å². The van der Waals surface area contributed by atoms with Crippen LogP contribution in [0.15, 0.2) is 0 Å². The van der Waals surface area contributed by atoms with Crippen molar-refractivity contribution in [3.8, 4) is 0 Å². The zero-order valence-electron chi connectivity index (χ0n) is 16.0. The molecule has 12 heteroatoms. The van der Waals surface area contributed by atoms with Crippen LogP contribution >= 0.6 is 11.8 Å². The highest BCUT2D eigenvalue weighted by molar-refractivity contribution is 7.98. The van der Waals surface area contributed by atoms with E-state index < -0.39 is 55.0 Å². The van der Waals surface area contributed by atoms with Crippen LogP contribution in [0, 0.1) is 0 Å². The molecule has 0 rings (SSSR count). The number of amides is 3. The number of unbranched alkanes of at least 4 members (excludes halogenated alkanes) is 1. The maximum atomic E-state index is 12.4. The molecule has 9 N–H and O–H groups in total. The van der Waals surface area contributed by atoms with Gasteiger partial charge < -0.3 is 37.6 Å². The molecule has 3 unspecified atom stereocenters. The molecule has 11 nitrogen and oxygen atoms in total. The smallest absolute Gasteiger partial charge is 0.322 e. The summed E-state index contributed by atoms with van der Waals surface area (Å²) in [5.41, 5.74) is 11.2. The number of carbonyl (C=O) groups excluding carboxylic acids is 3. The van der Waals surface area contributed by atoms with Crippen molar-refractivity contribution in [2.75, 3.05) is 31.7 Å². The molecule has 0 fully saturated rings. The second kappa shape index (κ2) is 15.1. The molecule has 0 bridgehead atoms. The van der Waals surface area contributed by atoms with E-state index in [4.69, 9.17) is 16.6 Å². The second-order valence-electron chi connectivity index (χ2n) is 6.09. The first kappa shape index (κ1) is 26.1. The highest BCUT2D eigenvalue weighted by Gasteiger charge is 2.27. The lowest BCUT2D eigenvalue weighted by Gasteiger charge is -2.23. The predicted octanol–water partition coefficient (Wildman–Crippen LogP) is -2.64. The molecular weight excluding hydrogens is 390 g/mol. The van der Waals surface area contributed by atoms with Gasteiger partial charge in [0.25, 0.3) is 0 Å². The van der Waals surface area contributed by atoms with E-state index >= 15 is 0 Å². The minimum absolute atomic E-state index is 0.230. The normalized spacial score (nSPS) is 13.9. The summed E-state index contributed by atoms with van der Waals surface area (Å²) in [7, 11) is 0. The van der Waals surface area contributed by atoms with Gasteiger partial charge >= 0.3 is 5.97 Å². The molecule has 0 radical (unpaired) electrons. The minimum atomic E-state index is -1.28. The number of carboxylic acid groups (broad SMARTS) is 1. The lowest BCUT2D eigenvalue weighted by atomic mass is 10.1. The standard InChI is InChI=1S/C16H31N5O6S/c1-28-7-5-10(18)14(25)21-12(9-22)16(27)20-11(4-2-3-6-17)15(26)19-8-13(23)24/h10-12,22H,2-9,17-18H2,1H3,(H,19,26)(H,20,27)(H,21,25)(H,23,24). The summed E-state index contributed by atoms with van der Waals surface area (Å²) in [6.45, 7) is -0.869. The van der Waals surface area contributed by atoms with Gasteiger partial charge in [-0.25, -0.2) is 0 Å². The van der Waals surface area contributed by atoms with E-state index in [0.717, 1.165) is 0 Å². The molecule has 0 heterocycles. The van der Waals surface area contributed by atoms with Gasteiger partial charge in [0.2, 0.25) is 17.7 Å². The molecule has 0 aliphatic heterocycles. The van der Waals surface area contributed by atoms with Gasteiger partial charge in [0.1, 0.15) is 18.6 Å². The Morgan fingerprint density at radius 3 is 2.18 bits per heavy atom. The molecule has 0 aromatic heterocycles. The van der Waals surface area contributed by atoms with E-state index in [9.17, 15) is 24.3 Å². The summed E-state index contributed by atoms with van der Waals surface area (Å²) in [4.78, 5) is 47.2. The van der Waals surface area contributed by atoms with Crippen molar-refractivity contribution in [3.05, 3.63) is 0 Å². The van der Waals surface area contributed by atoms with Crippen LogP contribution in [0.5, 0.6) is 0 Å². The molecule has 3 amide bonds. The quantitative estimate of drug-likeness (QED) is 0.138. The Bertz CT molecular complexity index is 522. The molecule has 3 atom stereocenters. The van der Waals surface area contributed by atoms with E-state index in [-0.39, 0.29) is 6.42 Å². The largest absolute Gasteiger partial charge is 0.480 e.